The van der Waals surface area contributed by atoms with Crippen LogP contribution in [0.5, 0.6) is 17.2 Å². The number of ether oxygens (including phenoxy) is 3. The van der Waals surface area contributed by atoms with E-state index in [0.29, 0.717) is 23.9 Å². The summed E-state index contributed by atoms with van der Waals surface area (Å²) >= 11 is 0. The predicted molar refractivity (Wildman–Crippen MR) is 95.7 cm³/mol. The van der Waals surface area contributed by atoms with E-state index in [1.54, 1.807) is 6.07 Å². The molecule has 0 fully saturated rings. The molecule has 1 atom stereocenters. The van der Waals surface area contributed by atoms with Crippen molar-refractivity contribution in [2.75, 3.05) is 6.61 Å². The molecule has 1 aliphatic heterocycles. The topological polar surface area (TPSA) is 47.9 Å². The largest absolute Gasteiger partial charge is 0.490 e. The van der Waals surface area contributed by atoms with Crippen LogP contribution in [0, 0.1) is 0 Å². The quantitative estimate of drug-likeness (QED) is 0.517. The maximum Gasteiger partial charge on any atom is 0.366 e. The molecule has 0 saturated carbocycles. The van der Waals surface area contributed by atoms with E-state index < -0.39 is 5.97 Å². The summed E-state index contributed by atoms with van der Waals surface area (Å²) in [6, 6.07) is 5.46. The van der Waals surface area contributed by atoms with E-state index in [-0.39, 0.29) is 0 Å². The molecule has 0 amide bonds. The number of unbranched alkanes of at least 4 members (excludes halogenated alkanes) is 9. The Labute approximate surface area is 146 Å². The average Bonchev–Trinajstić information content (AvgIpc) is 2.87. The maximum absolute atomic E-state index is 9.80. The third kappa shape index (κ3) is 6.23. The summed E-state index contributed by atoms with van der Waals surface area (Å²) in [6.07, 6.45) is 13.1. The highest BCUT2D eigenvalue weighted by Crippen LogP contribution is 2.45. The summed E-state index contributed by atoms with van der Waals surface area (Å²) in [5.41, 5.74) is 0. The van der Waals surface area contributed by atoms with Gasteiger partial charge in [-0.3, -0.25) is 0 Å². The van der Waals surface area contributed by atoms with Crippen molar-refractivity contribution in [2.24, 2.45) is 0 Å². The van der Waals surface area contributed by atoms with Gasteiger partial charge in [-0.25, -0.2) is 0 Å². The first-order valence-corrected chi connectivity index (χ1v) is 9.48. The summed E-state index contributed by atoms with van der Waals surface area (Å²) in [6.45, 7) is 4.39. The molecular formula is C20H32O4. The molecule has 1 unspecified atom stereocenters. The van der Waals surface area contributed by atoms with Crippen LogP contribution in [0.3, 0.4) is 0 Å². The van der Waals surface area contributed by atoms with Gasteiger partial charge in [-0.1, -0.05) is 70.8 Å². The zero-order valence-corrected chi connectivity index (χ0v) is 15.2. The molecule has 0 aliphatic carbocycles. The fraction of sp³-hybridized carbons (Fsp3) is 0.700. The average molecular weight is 336 g/mol. The summed E-state index contributed by atoms with van der Waals surface area (Å²) in [5.74, 6) is 0.0650. The highest BCUT2D eigenvalue weighted by atomic mass is 16.8. The second-order valence-corrected chi connectivity index (χ2v) is 6.72. The lowest BCUT2D eigenvalue weighted by molar-refractivity contribution is -0.235. The van der Waals surface area contributed by atoms with Gasteiger partial charge >= 0.3 is 5.97 Å². The van der Waals surface area contributed by atoms with Gasteiger partial charge in [0.1, 0.15) is 0 Å². The molecule has 1 aliphatic rings. The van der Waals surface area contributed by atoms with Gasteiger partial charge < -0.3 is 19.3 Å². The number of benzene rings is 1. The van der Waals surface area contributed by atoms with E-state index in [9.17, 15) is 5.11 Å². The van der Waals surface area contributed by atoms with Crippen molar-refractivity contribution < 1.29 is 19.3 Å². The molecule has 0 radical (unpaired) electrons. The molecule has 1 aromatic carbocycles. The molecule has 4 heteroatoms. The number of fused-ring (bicyclic) bond motifs is 1. The summed E-state index contributed by atoms with van der Waals surface area (Å²) in [4.78, 5) is 0. The van der Waals surface area contributed by atoms with Gasteiger partial charge in [-0.2, -0.15) is 0 Å². The van der Waals surface area contributed by atoms with E-state index in [4.69, 9.17) is 14.2 Å². The highest BCUT2D eigenvalue weighted by Gasteiger charge is 2.36. The Kier molecular flexibility index (Phi) is 7.70. The first-order chi connectivity index (χ1) is 11.6. The molecule has 0 saturated heterocycles. The second-order valence-electron chi connectivity index (χ2n) is 6.72. The SMILES string of the molecule is CCCCCCCCCCCCOc1cccc2c1OC(C)(O)O2. The fourth-order valence-electron chi connectivity index (χ4n) is 2.98. The predicted octanol–water partition coefficient (Wildman–Crippen LogP) is 5.42. The van der Waals surface area contributed by atoms with Crippen LogP contribution >= 0.6 is 0 Å². The van der Waals surface area contributed by atoms with Crippen LogP contribution in [0.1, 0.15) is 78.1 Å². The Hall–Kier alpha value is -1.42. The molecule has 0 bridgehead atoms. The summed E-state index contributed by atoms with van der Waals surface area (Å²) in [5, 5.41) is 9.80. The number of para-hydroxylation sites is 1. The van der Waals surface area contributed by atoms with E-state index in [1.165, 1.54) is 64.7 Å². The number of rotatable bonds is 12. The summed E-state index contributed by atoms with van der Waals surface area (Å²) in [7, 11) is 0. The van der Waals surface area contributed by atoms with Crippen molar-refractivity contribution in [1.82, 2.24) is 0 Å². The van der Waals surface area contributed by atoms with Crippen molar-refractivity contribution in [3.63, 3.8) is 0 Å². The minimum atomic E-state index is -1.60. The van der Waals surface area contributed by atoms with Crippen LogP contribution in [0.15, 0.2) is 18.2 Å². The van der Waals surface area contributed by atoms with Crippen molar-refractivity contribution in [2.45, 2.75) is 84.0 Å². The molecule has 0 spiro atoms. The molecule has 1 N–H and O–H groups in total. The van der Waals surface area contributed by atoms with E-state index >= 15 is 0 Å². The Bertz CT molecular complexity index is 485. The maximum atomic E-state index is 9.80. The van der Waals surface area contributed by atoms with Crippen LogP contribution in [0.2, 0.25) is 0 Å². The van der Waals surface area contributed by atoms with Gasteiger partial charge in [0.2, 0.25) is 5.75 Å². The monoisotopic (exact) mass is 336 g/mol. The highest BCUT2D eigenvalue weighted by molar-refractivity contribution is 5.53. The van der Waals surface area contributed by atoms with Gasteiger partial charge in [0, 0.05) is 6.92 Å². The van der Waals surface area contributed by atoms with Crippen LogP contribution in [-0.4, -0.2) is 17.7 Å². The Morgan fingerprint density at radius 2 is 1.54 bits per heavy atom. The molecule has 1 heterocycles. The third-order valence-electron chi connectivity index (χ3n) is 4.29. The lowest BCUT2D eigenvalue weighted by atomic mass is 10.1. The minimum absolute atomic E-state index is 0.495. The minimum Gasteiger partial charge on any atom is -0.490 e. The number of hydrogen-bond donors (Lipinski definition) is 1. The van der Waals surface area contributed by atoms with Gasteiger partial charge in [0.05, 0.1) is 6.61 Å². The van der Waals surface area contributed by atoms with Gasteiger partial charge in [-0.05, 0) is 18.6 Å². The Balaban J connectivity index is 1.54. The molecule has 1 aromatic rings. The first kappa shape index (κ1) is 18.9. The normalized spacial score (nSPS) is 18.8. The lowest BCUT2D eigenvalue weighted by Crippen LogP contribution is -2.33. The van der Waals surface area contributed by atoms with Crippen LogP contribution in [0.25, 0.3) is 0 Å². The van der Waals surface area contributed by atoms with Crippen molar-refractivity contribution in [3.05, 3.63) is 18.2 Å². The molecule has 24 heavy (non-hydrogen) atoms. The Morgan fingerprint density at radius 3 is 2.21 bits per heavy atom. The fourth-order valence-corrected chi connectivity index (χ4v) is 2.98. The van der Waals surface area contributed by atoms with E-state index in [2.05, 4.69) is 6.92 Å². The van der Waals surface area contributed by atoms with Gasteiger partial charge in [0.25, 0.3) is 0 Å². The third-order valence-corrected chi connectivity index (χ3v) is 4.29. The number of aliphatic hydroxyl groups is 1. The Morgan fingerprint density at radius 1 is 0.917 bits per heavy atom. The second kappa shape index (κ2) is 9.77. The van der Waals surface area contributed by atoms with Crippen LogP contribution in [0.4, 0.5) is 0 Å². The first-order valence-electron chi connectivity index (χ1n) is 9.48. The lowest BCUT2D eigenvalue weighted by Gasteiger charge is -2.14. The van der Waals surface area contributed by atoms with E-state index in [1.807, 2.05) is 12.1 Å². The standard InChI is InChI=1S/C20H32O4/c1-3-4-5-6-7-8-9-10-11-12-16-22-17-14-13-15-18-19(17)24-20(2,21)23-18/h13-15,21H,3-12,16H2,1-2H3. The van der Waals surface area contributed by atoms with Crippen LogP contribution < -0.4 is 14.2 Å². The molecular weight excluding hydrogens is 304 g/mol. The van der Waals surface area contributed by atoms with Crippen molar-refractivity contribution in [3.8, 4) is 17.2 Å². The molecule has 4 nitrogen and oxygen atoms in total. The summed E-state index contributed by atoms with van der Waals surface area (Å²) < 4.78 is 16.5. The smallest absolute Gasteiger partial charge is 0.366 e. The zero-order valence-electron chi connectivity index (χ0n) is 15.2. The van der Waals surface area contributed by atoms with Crippen LogP contribution in [-0.2, 0) is 0 Å². The van der Waals surface area contributed by atoms with Gasteiger partial charge in [0.15, 0.2) is 11.5 Å². The molecule has 136 valence electrons. The van der Waals surface area contributed by atoms with Crippen molar-refractivity contribution >= 4 is 0 Å². The molecule has 2 rings (SSSR count). The van der Waals surface area contributed by atoms with Crippen molar-refractivity contribution in [1.29, 1.82) is 0 Å². The van der Waals surface area contributed by atoms with Gasteiger partial charge in [-0.15, -0.1) is 0 Å². The molecule has 0 aromatic heterocycles. The number of hydrogen-bond acceptors (Lipinski definition) is 4. The zero-order chi connectivity index (χ0) is 17.3. The van der Waals surface area contributed by atoms with E-state index in [0.717, 1.165) is 6.42 Å².